The van der Waals surface area contributed by atoms with Gasteiger partial charge in [0, 0.05) is 25.7 Å². The predicted molar refractivity (Wildman–Crippen MR) is 59.5 cm³/mol. The molecule has 1 heterocycles. The summed E-state index contributed by atoms with van der Waals surface area (Å²) in [6.45, 7) is 0.454. The lowest BCUT2D eigenvalue weighted by atomic mass is 10.1. The van der Waals surface area contributed by atoms with E-state index in [-0.39, 0.29) is 25.7 Å². The molecule has 0 bridgehead atoms. The van der Waals surface area contributed by atoms with Crippen molar-refractivity contribution in [1.82, 2.24) is 4.90 Å². The number of rotatable bonds is 6. The Kier molecular flexibility index (Phi) is 5.69. The molecule has 0 aromatic carbocycles. The topological polar surface area (TPSA) is 49.5 Å². The number of likely N-dealkylation sites (tertiary alicyclic amines) is 1. The zero-order valence-electron chi connectivity index (χ0n) is 9.92. The summed E-state index contributed by atoms with van der Waals surface area (Å²) in [7, 11) is 0. The molecule has 1 aliphatic heterocycles. The fourth-order valence-corrected chi connectivity index (χ4v) is 2.38. The van der Waals surface area contributed by atoms with Gasteiger partial charge < -0.3 is 10.8 Å². The Bertz CT molecular complexity index is 223. The number of halogens is 3. The molecule has 3 N–H and O–H groups in total. The Balaban J connectivity index is 2.48. The fraction of sp³-hybridized carbons (Fsp3) is 1.00. The summed E-state index contributed by atoms with van der Waals surface area (Å²) < 4.78 is 37.8. The van der Waals surface area contributed by atoms with E-state index in [9.17, 15) is 13.2 Å². The second-order valence-corrected chi connectivity index (χ2v) is 4.63. The van der Waals surface area contributed by atoms with Crippen LogP contribution in [0.15, 0.2) is 0 Å². The van der Waals surface area contributed by atoms with E-state index in [0.29, 0.717) is 13.0 Å². The molecular weight excluding hydrogens is 233 g/mol. The lowest BCUT2D eigenvalue weighted by Crippen LogP contribution is -2.42. The Morgan fingerprint density at radius 3 is 2.65 bits per heavy atom. The van der Waals surface area contributed by atoms with Gasteiger partial charge in [0.15, 0.2) is 0 Å². The highest BCUT2D eigenvalue weighted by molar-refractivity contribution is 4.83. The SMILES string of the molecule is NCC(CN1CCCC1CCCO)C(F)(F)F. The summed E-state index contributed by atoms with van der Waals surface area (Å²) in [6.07, 6.45) is -0.925. The van der Waals surface area contributed by atoms with E-state index in [1.54, 1.807) is 0 Å². The zero-order valence-corrected chi connectivity index (χ0v) is 9.92. The van der Waals surface area contributed by atoms with Crippen molar-refractivity contribution in [2.45, 2.75) is 37.9 Å². The van der Waals surface area contributed by atoms with Gasteiger partial charge in [0.1, 0.15) is 0 Å². The largest absolute Gasteiger partial charge is 0.396 e. The smallest absolute Gasteiger partial charge is 0.394 e. The molecule has 17 heavy (non-hydrogen) atoms. The van der Waals surface area contributed by atoms with Crippen LogP contribution in [0.3, 0.4) is 0 Å². The third kappa shape index (κ3) is 4.44. The summed E-state index contributed by atoms with van der Waals surface area (Å²) in [5, 5.41) is 8.75. The summed E-state index contributed by atoms with van der Waals surface area (Å²) in [5.41, 5.74) is 5.20. The van der Waals surface area contributed by atoms with Gasteiger partial charge in [-0.15, -0.1) is 0 Å². The van der Waals surface area contributed by atoms with Crippen LogP contribution in [0.1, 0.15) is 25.7 Å². The third-order valence-electron chi connectivity index (χ3n) is 3.40. The van der Waals surface area contributed by atoms with E-state index in [0.717, 1.165) is 19.3 Å². The summed E-state index contributed by atoms with van der Waals surface area (Å²) in [6, 6.07) is 0.179. The molecule has 2 unspecified atom stereocenters. The van der Waals surface area contributed by atoms with E-state index in [1.807, 2.05) is 4.90 Å². The highest BCUT2D eigenvalue weighted by Crippen LogP contribution is 2.29. The van der Waals surface area contributed by atoms with Crippen molar-refractivity contribution < 1.29 is 18.3 Å². The second kappa shape index (κ2) is 6.56. The third-order valence-corrected chi connectivity index (χ3v) is 3.40. The van der Waals surface area contributed by atoms with Gasteiger partial charge in [-0.05, 0) is 32.2 Å². The number of hydrogen-bond donors (Lipinski definition) is 2. The van der Waals surface area contributed by atoms with Gasteiger partial charge in [-0.3, -0.25) is 4.90 Å². The van der Waals surface area contributed by atoms with Crippen LogP contribution in [0, 0.1) is 5.92 Å². The Morgan fingerprint density at radius 1 is 1.41 bits per heavy atom. The van der Waals surface area contributed by atoms with Gasteiger partial charge in [0.2, 0.25) is 0 Å². The lowest BCUT2D eigenvalue weighted by molar-refractivity contribution is -0.176. The van der Waals surface area contributed by atoms with Gasteiger partial charge in [0.25, 0.3) is 0 Å². The molecule has 0 spiro atoms. The van der Waals surface area contributed by atoms with Gasteiger partial charge in [-0.25, -0.2) is 0 Å². The molecule has 0 aliphatic carbocycles. The monoisotopic (exact) mass is 254 g/mol. The lowest BCUT2D eigenvalue weighted by Gasteiger charge is -2.29. The van der Waals surface area contributed by atoms with Crippen LogP contribution in [0.4, 0.5) is 13.2 Å². The molecule has 1 saturated heterocycles. The van der Waals surface area contributed by atoms with E-state index in [1.165, 1.54) is 0 Å². The zero-order chi connectivity index (χ0) is 12.9. The average Bonchev–Trinajstić information content (AvgIpc) is 2.68. The molecule has 1 rings (SSSR count). The number of nitrogens with zero attached hydrogens (tertiary/aromatic N) is 1. The predicted octanol–water partition coefficient (Wildman–Crippen LogP) is 1.36. The van der Waals surface area contributed by atoms with Gasteiger partial charge in [-0.2, -0.15) is 13.2 Å². The van der Waals surface area contributed by atoms with Crippen LogP contribution in [-0.2, 0) is 0 Å². The summed E-state index contributed by atoms with van der Waals surface area (Å²) >= 11 is 0. The quantitative estimate of drug-likeness (QED) is 0.752. The molecule has 102 valence electrons. The minimum Gasteiger partial charge on any atom is -0.396 e. The van der Waals surface area contributed by atoms with E-state index in [4.69, 9.17) is 10.8 Å². The molecule has 0 saturated carbocycles. The first kappa shape index (κ1) is 14.7. The van der Waals surface area contributed by atoms with Crippen LogP contribution in [0.5, 0.6) is 0 Å². The van der Waals surface area contributed by atoms with Crippen LogP contribution < -0.4 is 5.73 Å². The minimum absolute atomic E-state index is 0.00387. The molecule has 0 aromatic heterocycles. The Labute approximate surface area is 99.8 Å². The van der Waals surface area contributed by atoms with Gasteiger partial charge in [0.05, 0.1) is 5.92 Å². The van der Waals surface area contributed by atoms with Crippen molar-refractivity contribution in [3.63, 3.8) is 0 Å². The number of aliphatic hydroxyl groups is 1. The molecular formula is C11H21F3N2O. The molecule has 3 nitrogen and oxygen atoms in total. The molecule has 6 heteroatoms. The molecule has 0 radical (unpaired) electrons. The highest BCUT2D eigenvalue weighted by atomic mass is 19.4. The number of nitrogens with two attached hydrogens (primary N) is 1. The average molecular weight is 254 g/mol. The standard InChI is InChI=1S/C11H21F3N2O/c12-11(13,14)9(7-15)8-16-5-1-3-10(16)4-2-6-17/h9-10,17H,1-8,15H2. The van der Waals surface area contributed by atoms with E-state index < -0.39 is 12.1 Å². The first-order valence-corrected chi connectivity index (χ1v) is 6.10. The van der Waals surface area contributed by atoms with Crippen molar-refractivity contribution in [2.75, 3.05) is 26.2 Å². The van der Waals surface area contributed by atoms with Crippen LogP contribution in [0.25, 0.3) is 0 Å². The highest BCUT2D eigenvalue weighted by Gasteiger charge is 2.41. The molecule has 2 atom stereocenters. The fourth-order valence-electron chi connectivity index (χ4n) is 2.38. The number of hydrogen-bond acceptors (Lipinski definition) is 3. The summed E-state index contributed by atoms with van der Waals surface area (Å²) in [5.74, 6) is -1.43. The molecule has 1 aliphatic rings. The summed E-state index contributed by atoms with van der Waals surface area (Å²) in [4.78, 5) is 1.88. The van der Waals surface area contributed by atoms with Crippen molar-refractivity contribution in [1.29, 1.82) is 0 Å². The van der Waals surface area contributed by atoms with Crippen molar-refractivity contribution in [3.05, 3.63) is 0 Å². The van der Waals surface area contributed by atoms with Gasteiger partial charge in [-0.1, -0.05) is 0 Å². The maximum Gasteiger partial charge on any atom is 0.394 e. The van der Waals surface area contributed by atoms with Crippen molar-refractivity contribution in [3.8, 4) is 0 Å². The maximum atomic E-state index is 12.6. The number of alkyl halides is 3. The molecule has 1 fully saturated rings. The Hall–Kier alpha value is -0.330. The molecule has 0 amide bonds. The van der Waals surface area contributed by atoms with Crippen LogP contribution >= 0.6 is 0 Å². The van der Waals surface area contributed by atoms with E-state index >= 15 is 0 Å². The van der Waals surface area contributed by atoms with Crippen LogP contribution in [-0.4, -0.2) is 48.5 Å². The molecule has 0 aromatic rings. The maximum absolute atomic E-state index is 12.6. The number of aliphatic hydroxyl groups excluding tert-OH is 1. The Morgan fingerprint density at radius 2 is 2.12 bits per heavy atom. The normalized spacial score (nSPS) is 24.2. The van der Waals surface area contributed by atoms with Gasteiger partial charge >= 0.3 is 6.18 Å². The second-order valence-electron chi connectivity index (χ2n) is 4.63. The van der Waals surface area contributed by atoms with Crippen molar-refractivity contribution >= 4 is 0 Å². The minimum atomic E-state index is -4.21. The van der Waals surface area contributed by atoms with Crippen molar-refractivity contribution in [2.24, 2.45) is 11.7 Å². The first-order valence-electron chi connectivity index (χ1n) is 6.10. The first-order chi connectivity index (χ1) is 7.99. The van der Waals surface area contributed by atoms with E-state index in [2.05, 4.69) is 0 Å². The van der Waals surface area contributed by atoms with Crippen LogP contribution in [0.2, 0.25) is 0 Å².